The molecule has 2 rings (SSSR count). The van der Waals surface area contributed by atoms with Gasteiger partial charge in [0.1, 0.15) is 11.5 Å². The largest absolute Gasteiger partial charge is 0.497 e. The zero-order chi connectivity index (χ0) is 16.8. The molecule has 5 nitrogen and oxygen atoms in total. The molecular weight excluding hydrogens is 292 g/mol. The van der Waals surface area contributed by atoms with Crippen molar-refractivity contribution in [1.82, 2.24) is 0 Å². The topological polar surface area (TPSA) is 52.0 Å². The average Bonchev–Trinajstić information content (AvgIpc) is 2.51. The summed E-state index contributed by atoms with van der Waals surface area (Å²) >= 11 is 0. The highest BCUT2D eigenvalue weighted by atomic mass is 16.5. The summed E-state index contributed by atoms with van der Waals surface area (Å²) in [6, 6.07) is 5.40. The van der Waals surface area contributed by atoms with Crippen LogP contribution < -0.4 is 19.7 Å². The maximum absolute atomic E-state index is 12.2. The lowest BCUT2D eigenvalue weighted by atomic mass is 9.92. The molecule has 0 unspecified atom stereocenters. The van der Waals surface area contributed by atoms with Crippen LogP contribution in [0.3, 0.4) is 0 Å². The van der Waals surface area contributed by atoms with Crippen LogP contribution in [0.25, 0.3) is 0 Å². The van der Waals surface area contributed by atoms with E-state index in [1.807, 2.05) is 0 Å². The van der Waals surface area contributed by atoms with E-state index in [9.17, 15) is 4.79 Å². The monoisotopic (exact) mass is 321 g/mol. The number of benzene rings is 1. The van der Waals surface area contributed by atoms with Gasteiger partial charge < -0.3 is 19.7 Å². The summed E-state index contributed by atoms with van der Waals surface area (Å²) in [5, 5.41) is 2.94. The average molecular weight is 321 g/mol. The van der Waals surface area contributed by atoms with Crippen LogP contribution in [-0.4, -0.2) is 39.8 Å². The highest BCUT2D eigenvalue weighted by Gasteiger charge is 2.25. The molecule has 2 N–H and O–H groups in total. The highest BCUT2D eigenvalue weighted by molar-refractivity contribution is 5.91. The standard InChI is InChI=1S/C18H28N2O3/c1-13-7-14(2)12-20(11-13)6-5-18(21)19-15-8-16(22-3)10-17(9-15)23-4/h8-10,13-14H,5-7,11-12H2,1-4H3,(H,19,21)/p+1/t13-,14-/m1/s1. The Kier molecular flexibility index (Phi) is 6.28. The number of rotatable bonds is 6. The lowest BCUT2D eigenvalue weighted by molar-refractivity contribution is -0.911. The Morgan fingerprint density at radius 1 is 1.13 bits per heavy atom. The molecule has 2 atom stereocenters. The minimum atomic E-state index is 0.0404. The number of likely N-dealkylation sites (tertiary alicyclic amines) is 1. The molecule has 23 heavy (non-hydrogen) atoms. The molecule has 128 valence electrons. The van der Waals surface area contributed by atoms with Gasteiger partial charge in [-0.1, -0.05) is 13.8 Å². The SMILES string of the molecule is COc1cc(NC(=O)CC[NH+]2C[C@H](C)C[C@@H](C)C2)cc(OC)c1. The van der Waals surface area contributed by atoms with E-state index >= 15 is 0 Å². The first kappa shape index (κ1) is 17.6. The van der Waals surface area contributed by atoms with Gasteiger partial charge in [-0.05, 0) is 6.42 Å². The van der Waals surface area contributed by atoms with Crippen LogP contribution in [0.4, 0.5) is 5.69 Å². The molecule has 1 aliphatic rings. The van der Waals surface area contributed by atoms with Crippen LogP contribution in [0.1, 0.15) is 26.7 Å². The third-order valence-corrected chi connectivity index (χ3v) is 4.42. The fourth-order valence-electron chi connectivity index (χ4n) is 3.52. The van der Waals surface area contributed by atoms with Gasteiger partial charge in [0.15, 0.2) is 0 Å². The zero-order valence-corrected chi connectivity index (χ0v) is 14.6. The van der Waals surface area contributed by atoms with Gasteiger partial charge in [-0.15, -0.1) is 0 Å². The van der Waals surface area contributed by atoms with Crippen LogP contribution in [0.15, 0.2) is 18.2 Å². The van der Waals surface area contributed by atoms with Crippen LogP contribution >= 0.6 is 0 Å². The van der Waals surface area contributed by atoms with E-state index in [1.54, 1.807) is 32.4 Å². The molecule has 0 bridgehead atoms. The molecule has 0 aromatic heterocycles. The van der Waals surface area contributed by atoms with Crippen molar-refractivity contribution in [2.75, 3.05) is 39.2 Å². The van der Waals surface area contributed by atoms with Crippen molar-refractivity contribution < 1.29 is 19.2 Å². The Hall–Kier alpha value is -1.75. The van der Waals surface area contributed by atoms with Crippen LogP contribution in [0.2, 0.25) is 0 Å². The fourth-order valence-corrected chi connectivity index (χ4v) is 3.52. The first-order chi connectivity index (χ1) is 11.0. The maximum atomic E-state index is 12.2. The second kappa shape index (κ2) is 8.20. The van der Waals surface area contributed by atoms with Crippen molar-refractivity contribution >= 4 is 11.6 Å². The Labute approximate surface area is 139 Å². The fraction of sp³-hybridized carbons (Fsp3) is 0.611. The summed E-state index contributed by atoms with van der Waals surface area (Å²) in [5.41, 5.74) is 0.710. The molecule has 1 aliphatic heterocycles. The number of methoxy groups -OCH3 is 2. The predicted molar refractivity (Wildman–Crippen MR) is 91.3 cm³/mol. The van der Waals surface area contributed by atoms with Crippen LogP contribution in [0, 0.1) is 11.8 Å². The van der Waals surface area contributed by atoms with E-state index in [0.29, 0.717) is 23.6 Å². The Morgan fingerprint density at radius 3 is 2.22 bits per heavy atom. The van der Waals surface area contributed by atoms with E-state index in [4.69, 9.17) is 9.47 Å². The van der Waals surface area contributed by atoms with Crippen LogP contribution in [0.5, 0.6) is 11.5 Å². The third kappa shape index (κ3) is 5.43. The number of nitrogens with one attached hydrogen (secondary N) is 2. The van der Waals surface area contributed by atoms with E-state index in [2.05, 4.69) is 19.2 Å². The van der Waals surface area contributed by atoms with E-state index in [1.165, 1.54) is 24.4 Å². The van der Waals surface area contributed by atoms with Gasteiger partial charge in [0, 0.05) is 35.7 Å². The van der Waals surface area contributed by atoms with E-state index in [-0.39, 0.29) is 5.91 Å². The van der Waals surface area contributed by atoms with Gasteiger partial charge >= 0.3 is 0 Å². The maximum Gasteiger partial charge on any atom is 0.230 e. The van der Waals surface area contributed by atoms with E-state index < -0.39 is 0 Å². The summed E-state index contributed by atoms with van der Waals surface area (Å²) in [4.78, 5) is 13.7. The van der Waals surface area contributed by atoms with Crippen molar-refractivity contribution in [1.29, 1.82) is 0 Å². The molecule has 0 saturated carbocycles. The summed E-state index contributed by atoms with van der Waals surface area (Å²) < 4.78 is 10.4. The van der Waals surface area contributed by atoms with Gasteiger partial charge in [-0.3, -0.25) is 4.79 Å². The molecule has 1 heterocycles. The summed E-state index contributed by atoms with van der Waals surface area (Å²) in [6.07, 6.45) is 1.84. The summed E-state index contributed by atoms with van der Waals surface area (Å²) in [5.74, 6) is 2.88. The molecule has 0 radical (unpaired) electrons. The van der Waals surface area contributed by atoms with Gasteiger partial charge in [0.25, 0.3) is 0 Å². The smallest absolute Gasteiger partial charge is 0.230 e. The number of amides is 1. The molecule has 0 spiro atoms. The first-order valence-electron chi connectivity index (χ1n) is 8.36. The first-order valence-corrected chi connectivity index (χ1v) is 8.36. The zero-order valence-electron chi connectivity index (χ0n) is 14.6. The second-order valence-corrected chi connectivity index (χ2v) is 6.75. The quantitative estimate of drug-likeness (QED) is 0.837. The van der Waals surface area contributed by atoms with Crippen molar-refractivity contribution in [2.45, 2.75) is 26.7 Å². The second-order valence-electron chi connectivity index (χ2n) is 6.75. The minimum absolute atomic E-state index is 0.0404. The van der Waals surface area contributed by atoms with Gasteiger partial charge in [0.05, 0.1) is 40.3 Å². The lowest BCUT2D eigenvalue weighted by Crippen LogP contribution is -3.14. The Morgan fingerprint density at radius 2 is 1.70 bits per heavy atom. The third-order valence-electron chi connectivity index (χ3n) is 4.42. The molecule has 0 aliphatic carbocycles. The molecule has 1 fully saturated rings. The minimum Gasteiger partial charge on any atom is -0.497 e. The van der Waals surface area contributed by atoms with Crippen molar-refractivity contribution in [2.24, 2.45) is 11.8 Å². The summed E-state index contributed by atoms with van der Waals surface area (Å²) in [7, 11) is 3.20. The number of carbonyl (C=O) groups excluding carboxylic acids is 1. The number of anilines is 1. The van der Waals surface area contributed by atoms with Crippen molar-refractivity contribution in [3.05, 3.63) is 18.2 Å². The number of piperidine rings is 1. The number of quaternary nitrogens is 1. The molecular formula is C18H29N2O3+. The van der Waals surface area contributed by atoms with Gasteiger partial charge in [0.2, 0.25) is 5.91 Å². The molecule has 1 saturated heterocycles. The van der Waals surface area contributed by atoms with Gasteiger partial charge in [-0.2, -0.15) is 0 Å². The van der Waals surface area contributed by atoms with Crippen molar-refractivity contribution in [3.63, 3.8) is 0 Å². The number of carbonyl (C=O) groups is 1. The van der Waals surface area contributed by atoms with Crippen LogP contribution in [-0.2, 0) is 4.79 Å². The van der Waals surface area contributed by atoms with Crippen molar-refractivity contribution in [3.8, 4) is 11.5 Å². The molecule has 1 aromatic carbocycles. The number of hydrogen-bond acceptors (Lipinski definition) is 3. The summed E-state index contributed by atoms with van der Waals surface area (Å²) in [6.45, 7) is 7.84. The lowest BCUT2D eigenvalue weighted by Gasteiger charge is -2.31. The molecule has 1 amide bonds. The highest BCUT2D eigenvalue weighted by Crippen LogP contribution is 2.25. The van der Waals surface area contributed by atoms with E-state index in [0.717, 1.165) is 18.4 Å². The number of ether oxygens (including phenoxy) is 2. The Balaban J connectivity index is 1.87. The molecule has 5 heteroatoms. The Bertz CT molecular complexity index is 501. The van der Waals surface area contributed by atoms with Gasteiger partial charge in [-0.25, -0.2) is 0 Å². The normalized spacial score (nSPS) is 24.1. The predicted octanol–water partition coefficient (Wildman–Crippen LogP) is 1.59. The number of hydrogen-bond donors (Lipinski definition) is 2. The molecule has 1 aromatic rings.